The summed E-state index contributed by atoms with van der Waals surface area (Å²) in [5.74, 6) is -1.87. The minimum atomic E-state index is -3.87. The molecule has 1 aromatic rings. The first-order valence-corrected chi connectivity index (χ1v) is 6.74. The van der Waals surface area contributed by atoms with Gasteiger partial charge in [0.25, 0.3) is 0 Å². The third kappa shape index (κ3) is 5.53. The van der Waals surface area contributed by atoms with Crippen LogP contribution in [-0.2, 0) is 10.0 Å². The number of likely N-dealkylation sites (N-methyl/N-ethyl adjacent to an activating group) is 1. The molecule has 0 aliphatic heterocycles. The van der Waals surface area contributed by atoms with Gasteiger partial charge in [0.05, 0.1) is 4.90 Å². The zero-order chi connectivity index (χ0) is 14.5. The zero-order valence-corrected chi connectivity index (χ0v) is 12.0. The van der Waals surface area contributed by atoms with Gasteiger partial charge in [0.15, 0.2) is 11.6 Å². The summed E-state index contributed by atoms with van der Waals surface area (Å²) in [4.78, 5) is -0.359. The van der Waals surface area contributed by atoms with Crippen LogP contribution in [-0.4, -0.2) is 35.2 Å². The number of ether oxygens (including phenoxy) is 1. The third-order valence-electron chi connectivity index (χ3n) is 2.10. The maximum Gasteiger partial charge on any atom is 0.387 e. The second kappa shape index (κ2) is 8.30. The Morgan fingerprint density at radius 1 is 1.30 bits per heavy atom. The van der Waals surface area contributed by atoms with Crippen LogP contribution >= 0.6 is 12.4 Å². The fourth-order valence-corrected chi connectivity index (χ4v) is 2.28. The van der Waals surface area contributed by atoms with Crippen LogP contribution in [0.2, 0.25) is 0 Å². The fraction of sp³-hybridized carbons (Fsp3) is 0.400. The van der Waals surface area contributed by atoms with E-state index in [1.54, 1.807) is 7.05 Å². The molecule has 0 saturated heterocycles. The predicted octanol–water partition coefficient (Wildman–Crippen LogP) is 1.35. The van der Waals surface area contributed by atoms with Crippen LogP contribution in [0.1, 0.15) is 0 Å². The first-order valence-electron chi connectivity index (χ1n) is 5.25. The predicted molar refractivity (Wildman–Crippen MR) is 69.4 cm³/mol. The molecule has 0 aromatic heterocycles. The van der Waals surface area contributed by atoms with Crippen LogP contribution in [0, 0.1) is 5.82 Å². The molecular weight excluding hydrogens is 321 g/mol. The van der Waals surface area contributed by atoms with Crippen molar-refractivity contribution in [1.82, 2.24) is 10.0 Å². The van der Waals surface area contributed by atoms with Gasteiger partial charge >= 0.3 is 6.61 Å². The van der Waals surface area contributed by atoms with Gasteiger partial charge < -0.3 is 10.1 Å². The molecule has 0 fully saturated rings. The Bertz CT molecular complexity index is 528. The van der Waals surface area contributed by atoms with E-state index in [1.807, 2.05) is 0 Å². The van der Waals surface area contributed by atoms with Crippen molar-refractivity contribution in [3.8, 4) is 5.75 Å². The van der Waals surface area contributed by atoms with Crippen molar-refractivity contribution >= 4 is 22.4 Å². The molecule has 0 heterocycles. The van der Waals surface area contributed by atoms with Crippen molar-refractivity contribution in [2.45, 2.75) is 11.5 Å². The van der Waals surface area contributed by atoms with Crippen LogP contribution in [0.15, 0.2) is 23.1 Å². The minimum absolute atomic E-state index is 0. The van der Waals surface area contributed by atoms with Gasteiger partial charge in [-0.1, -0.05) is 0 Å². The summed E-state index contributed by atoms with van der Waals surface area (Å²) < 4.78 is 66.7. The van der Waals surface area contributed by atoms with Crippen molar-refractivity contribution in [2.24, 2.45) is 0 Å². The molecule has 20 heavy (non-hydrogen) atoms. The maximum atomic E-state index is 13.4. The Hall–Kier alpha value is -1.03. The minimum Gasteiger partial charge on any atom is -0.432 e. The van der Waals surface area contributed by atoms with E-state index in [0.717, 1.165) is 12.1 Å². The summed E-state index contributed by atoms with van der Waals surface area (Å²) in [5, 5.41) is 2.73. The molecule has 0 saturated carbocycles. The van der Waals surface area contributed by atoms with Gasteiger partial charge in [-0.3, -0.25) is 0 Å². The van der Waals surface area contributed by atoms with E-state index in [4.69, 9.17) is 0 Å². The summed E-state index contributed by atoms with van der Waals surface area (Å²) in [6.45, 7) is -2.66. The summed E-state index contributed by atoms with van der Waals surface area (Å²) in [6.07, 6.45) is 0. The Balaban J connectivity index is 0.00000361. The first kappa shape index (κ1) is 19.0. The normalized spacial score (nSPS) is 11.2. The van der Waals surface area contributed by atoms with E-state index in [2.05, 4.69) is 14.8 Å². The van der Waals surface area contributed by atoms with Crippen molar-refractivity contribution in [2.75, 3.05) is 20.1 Å². The van der Waals surface area contributed by atoms with Crippen molar-refractivity contribution in [3.05, 3.63) is 24.0 Å². The number of sulfonamides is 1. The Morgan fingerprint density at radius 2 is 1.95 bits per heavy atom. The topological polar surface area (TPSA) is 67.4 Å². The lowest BCUT2D eigenvalue weighted by Crippen LogP contribution is -2.30. The molecule has 0 radical (unpaired) electrons. The van der Waals surface area contributed by atoms with Gasteiger partial charge in [-0.2, -0.15) is 8.78 Å². The number of benzene rings is 1. The van der Waals surface area contributed by atoms with Gasteiger partial charge in [0.1, 0.15) is 0 Å². The van der Waals surface area contributed by atoms with Crippen molar-refractivity contribution < 1.29 is 26.3 Å². The Kier molecular flexibility index (Phi) is 7.87. The van der Waals surface area contributed by atoms with Crippen LogP contribution in [0.5, 0.6) is 5.75 Å². The molecule has 0 aliphatic rings. The molecule has 0 unspecified atom stereocenters. The first-order chi connectivity index (χ1) is 8.86. The molecule has 0 atom stereocenters. The van der Waals surface area contributed by atoms with Crippen LogP contribution in [0.4, 0.5) is 13.2 Å². The number of hydrogen-bond acceptors (Lipinski definition) is 4. The van der Waals surface area contributed by atoms with Gasteiger partial charge in [0, 0.05) is 13.1 Å². The molecule has 0 amide bonds. The largest absolute Gasteiger partial charge is 0.432 e. The molecule has 5 nitrogen and oxygen atoms in total. The van der Waals surface area contributed by atoms with Crippen molar-refractivity contribution in [3.63, 3.8) is 0 Å². The van der Waals surface area contributed by atoms with E-state index in [9.17, 15) is 21.6 Å². The van der Waals surface area contributed by atoms with Crippen LogP contribution < -0.4 is 14.8 Å². The quantitative estimate of drug-likeness (QED) is 0.739. The highest BCUT2D eigenvalue weighted by atomic mass is 35.5. The van der Waals surface area contributed by atoms with Gasteiger partial charge in [-0.25, -0.2) is 17.5 Å². The number of alkyl halides is 2. The molecule has 0 bridgehead atoms. The second-order valence-electron chi connectivity index (χ2n) is 3.47. The van der Waals surface area contributed by atoms with Gasteiger partial charge in [-0.15, -0.1) is 12.4 Å². The van der Waals surface area contributed by atoms with E-state index >= 15 is 0 Å². The molecule has 0 spiro atoms. The van der Waals surface area contributed by atoms with Crippen molar-refractivity contribution in [1.29, 1.82) is 0 Å². The molecule has 0 aliphatic carbocycles. The third-order valence-corrected chi connectivity index (χ3v) is 3.56. The molecule has 2 N–H and O–H groups in total. The molecule has 1 aromatic carbocycles. The molecule has 116 valence electrons. The van der Waals surface area contributed by atoms with Crippen LogP contribution in [0.25, 0.3) is 0 Å². The lowest BCUT2D eigenvalue weighted by molar-refractivity contribution is -0.0522. The summed E-state index contributed by atoms with van der Waals surface area (Å²) >= 11 is 0. The summed E-state index contributed by atoms with van der Waals surface area (Å²) in [7, 11) is -2.23. The average Bonchev–Trinajstić information content (AvgIpc) is 2.31. The lowest BCUT2D eigenvalue weighted by atomic mass is 10.3. The highest BCUT2D eigenvalue weighted by molar-refractivity contribution is 7.89. The fourth-order valence-electron chi connectivity index (χ4n) is 1.23. The van der Waals surface area contributed by atoms with E-state index in [0.29, 0.717) is 12.6 Å². The van der Waals surface area contributed by atoms with Crippen LogP contribution in [0.3, 0.4) is 0 Å². The highest BCUT2D eigenvalue weighted by Crippen LogP contribution is 2.22. The summed E-state index contributed by atoms with van der Waals surface area (Å²) in [5.41, 5.74) is 0. The molecule has 1 rings (SSSR count). The average molecular weight is 335 g/mol. The SMILES string of the molecule is CNCCNS(=O)(=O)c1ccc(OC(F)F)c(F)c1.Cl. The van der Waals surface area contributed by atoms with E-state index in [-0.39, 0.29) is 23.8 Å². The molecule has 10 heteroatoms. The summed E-state index contributed by atoms with van der Waals surface area (Å²) in [6, 6.07) is 2.45. The second-order valence-corrected chi connectivity index (χ2v) is 5.24. The van der Waals surface area contributed by atoms with E-state index in [1.165, 1.54) is 0 Å². The lowest BCUT2D eigenvalue weighted by Gasteiger charge is -2.09. The smallest absolute Gasteiger partial charge is 0.387 e. The number of hydrogen-bond donors (Lipinski definition) is 2. The number of halogens is 4. The van der Waals surface area contributed by atoms with E-state index < -0.39 is 28.2 Å². The highest BCUT2D eigenvalue weighted by Gasteiger charge is 2.17. The zero-order valence-electron chi connectivity index (χ0n) is 10.4. The van der Waals surface area contributed by atoms with Gasteiger partial charge in [-0.05, 0) is 25.2 Å². The number of rotatable bonds is 7. The van der Waals surface area contributed by atoms with Gasteiger partial charge in [0.2, 0.25) is 10.0 Å². The number of nitrogens with one attached hydrogen (secondary N) is 2. The molecular formula is C10H14ClF3N2O3S. The Morgan fingerprint density at radius 3 is 2.45 bits per heavy atom. The maximum absolute atomic E-state index is 13.4. The monoisotopic (exact) mass is 334 g/mol. The Labute approximate surface area is 121 Å². The standard InChI is InChI=1S/C10H13F3N2O3S.ClH/c1-14-4-5-15-19(16,17)7-2-3-9(8(11)6-7)18-10(12)13;/h2-3,6,10,14-15H,4-5H2,1H3;1H.